The molecule has 0 saturated heterocycles. The molecule has 0 radical (unpaired) electrons. The zero-order chi connectivity index (χ0) is 22.6. The highest BCUT2D eigenvalue weighted by molar-refractivity contribution is 6.09. The zero-order valence-electron chi connectivity index (χ0n) is 19.2. The van der Waals surface area contributed by atoms with Crippen LogP contribution in [0.3, 0.4) is 0 Å². The molecule has 2 aromatic carbocycles. The fourth-order valence-electron chi connectivity index (χ4n) is 3.69. The summed E-state index contributed by atoms with van der Waals surface area (Å²) in [5.41, 5.74) is 2.75. The van der Waals surface area contributed by atoms with Gasteiger partial charge in [-0.3, -0.25) is 4.79 Å². The summed E-state index contributed by atoms with van der Waals surface area (Å²) in [7, 11) is 3.28. The number of anilines is 1. The van der Waals surface area contributed by atoms with Crippen LogP contribution in [0.2, 0.25) is 0 Å². The second kappa shape index (κ2) is 9.29. The Kier molecular flexibility index (Phi) is 6.74. The Balaban J connectivity index is 1.94. The van der Waals surface area contributed by atoms with Crippen LogP contribution in [-0.2, 0) is 0 Å². The quantitative estimate of drug-likeness (QED) is 0.408. The Labute approximate surface area is 184 Å². The minimum Gasteiger partial charge on any atom is -0.496 e. The largest absolute Gasteiger partial charge is 0.496 e. The SMILES string of the molecule is CCN(CC)c1cc(C=CC(=O)c2ccc(OC)c3c2OC(C)(C)C=C3)ccc1OC. The van der Waals surface area contributed by atoms with E-state index in [9.17, 15) is 4.79 Å². The Morgan fingerprint density at radius 2 is 1.74 bits per heavy atom. The topological polar surface area (TPSA) is 48.0 Å². The van der Waals surface area contributed by atoms with Crippen molar-refractivity contribution in [3.8, 4) is 17.2 Å². The number of ketones is 1. The van der Waals surface area contributed by atoms with Gasteiger partial charge < -0.3 is 19.1 Å². The molecule has 0 saturated carbocycles. The highest BCUT2D eigenvalue weighted by atomic mass is 16.5. The van der Waals surface area contributed by atoms with E-state index >= 15 is 0 Å². The molecule has 2 aromatic rings. The Bertz CT molecular complexity index is 1020. The number of hydrogen-bond acceptors (Lipinski definition) is 5. The molecule has 5 heteroatoms. The molecule has 1 aliphatic rings. The van der Waals surface area contributed by atoms with Crippen molar-refractivity contribution >= 4 is 23.6 Å². The van der Waals surface area contributed by atoms with Crippen molar-refractivity contribution in [2.45, 2.75) is 33.3 Å². The summed E-state index contributed by atoms with van der Waals surface area (Å²) in [6.07, 6.45) is 7.34. The lowest BCUT2D eigenvalue weighted by molar-refractivity contribution is 0.103. The molecule has 0 N–H and O–H groups in total. The summed E-state index contributed by atoms with van der Waals surface area (Å²) in [5.74, 6) is 1.94. The van der Waals surface area contributed by atoms with Gasteiger partial charge >= 0.3 is 0 Å². The highest BCUT2D eigenvalue weighted by Gasteiger charge is 2.27. The lowest BCUT2D eigenvalue weighted by Gasteiger charge is -2.29. The zero-order valence-corrected chi connectivity index (χ0v) is 19.2. The number of hydrogen-bond donors (Lipinski definition) is 0. The van der Waals surface area contributed by atoms with E-state index in [2.05, 4.69) is 18.7 Å². The number of rotatable bonds is 8. The molecule has 0 spiro atoms. The number of carbonyl (C=O) groups excluding carboxylic acids is 1. The van der Waals surface area contributed by atoms with Gasteiger partial charge in [-0.2, -0.15) is 0 Å². The summed E-state index contributed by atoms with van der Waals surface area (Å²) < 4.78 is 17.1. The van der Waals surface area contributed by atoms with Gasteiger partial charge in [0.1, 0.15) is 22.8 Å². The number of benzene rings is 2. The van der Waals surface area contributed by atoms with Crippen molar-refractivity contribution in [2.24, 2.45) is 0 Å². The van der Waals surface area contributed by atoms with E-state index in [0.29, 0.717) is 17.1 Å². The lowest BCUT2D eigenvalue weighted by atomic mass is 9.97. The van der Waals surface area contributed by atoms with Crippen LogP contribution in [0, 0.1) is 0 Å². The molecule has 164 valence electrons. The van der Waals surface area contributed by atoms with Crippen LogP contribution in [0.1, 0.15) is 49.2 Å². The van der Waals surface area contributed by atoms with Crippen LogP contribution in [-0.4, -0.2) is 38.7 Å². The minimum atomic E-state index is -0.493. The van der Waals surface area contributed by atoms with E-state index < -0.39 is 5.60 Å². The maximum absolute atomic E-state index is 13.1. The third-order valence-electron chi connectivity index (χ3n) is 5.39. The summed E-state index contributed by atoms with van der Waals surface area (Å²) in [6.45, 7) is 9.88. The van der Waals surface area contributed by atoms with Crippen molar-refractivity contribution in [3.63, 3.8) is 0 Å². The summed E-state index contributed by atoms with van der Waals surface area (Å²) >= 11 is 0. The molecule has 0 bridgehead atoms. The molecular weight excluding hydrogens is 390 g/mol. The summed E-state index contributed by atoms with van der Waals surface area (Å²) in [6, 6.07) is 9.49. The lowest BCUT2D eigenvalue weighted by Crippen LogP contribution is -2.28. The third-order valence-corrected chi connectivity index (χ3v) is 5.39. The number of methoxy groups -OCH3 is 2. The van der Waals surface area contributed by atoms with Crippen LogP contribution in [0.5, 0.6) is 17.2 Å². The van der Waals surface area contributed by atoms with Crippen molar-refractivity contribution in [1.29, 1.82) is 0 Å². The first-order valence-corrected chi connectivity index (χ1v) is 10.6. The maximum Gasteiger partial charge on any atom is 0.189 e. The average Bonchev–Trinajstić information content (AvgIpc) is 2.77. The van der Waals surface area contributed by atoms with E-state index in [1.807, 2.05) is 50.3 Å². The Morgan fingerprint density at radius 1 is 1.06 bits per heavy atom. The minimum absolute atomic E-state index is 0.120. The molecule has 3 rings (SSSR count). The molecule has 1 aliphatic heterocycles. The number of allylic oxidation sites excluding steroid dienone is 1. The van der Waals surface area contributed by atoms with Gasteiger partial charge in [0.25, 0.3) is 0 Å². The monoisotopic (exact) mass is 421 g/mol. The smallest absolute Gasteiger partial charge is 0.189 e. The van der Waals surface area contributed by atoms with Gasteiger partial charge in [0.2, 0.25) is 0 Å². The summed E-state index contributed by atoms with van der Waals surface area (Å²) in [4.78, 5) is 15.3. The normalized spacial score (nSPS) is 14.1. The predicted octanol–water partition coefficient (Wildman–Crippen LogP) is 5.63. The third kappa shape index (κ3) is 4.76. The standard InChI is InChI=1S/C26H31NO4/c1-7-27(8-2)21-17-18(10-13-24(21)30-6)9-12-22(28)19-11-14-23(29-5)20-15-16-26(3,4)31-25(19)20/h9-17H,7-8H2,1-6H3. The first-order valence-electron chi connectivity index (χ1n) is 10.6. The van der Waals surface area contributed by atoms with Gasteiger partial charge in [0.15, 0.2) is 5.78 Å². The number of ether oxygens (including phenoxy) is 3. The molecule has 0 aliphatic carbocycles. The van der Waals surface area contributed by atoms with Gasteiger partial charge in [-0.05, 0) is 75.8 Å². The molecular formula is C26H31NO4. The number of carbonyl (C=O) groups is 1. The van der Waals surface area contributed by atoms with Crippen LogP contribution >= 0.6 is 0 Å². The van der Waals surface area contributed by atoms with Crippen molar-refractivity contribution in [3.05, 3.63) is 59.2 Å². The van der Waals surface area contributed by atoms with E-state index in [4.69, 9.17) is 14.2 Å². The van der Waals surface area contributed by atoms with Crippen LogP contribution in [0.25, 0.3) is 12.2 Å². The van der Waals surface area contributed by atoms with Crippen molar-refractivity contribution in [2.75, 3.05) is 32.2 Å². The van der Waals surface area contributed by atoms with Gasteiger partial charge in [-0.1, -0.05) is 12.1 Å². The van der Waals surface area contributed by atoms with E-state index in [0.717, 1.165) is 35.7 Å². The Morgan fingerprint density at radius 3 is 2.39 bits per heavy atom. The van der Waals surface area contributed by atoms with Crippen LogP contribution < -0.4 is 19.1 Å². The second-order valence-electron chi connectivity index (χ2n) is 7.90. The molecule has 0 atom stereocenters. The van der Waals surface area contributed by atoms with Crippen molar-refractivity contribution < 1.29 is 19.0 Å². The molecule has 0 amide bonds. The van der Waals surface area contributed by atoms with Crippen LogP contribution in [0.15, 0.2) is 42.5 Å². The van der Waals surface area contributed by atoms with E-state index in [1.54, 1.807) is 32.4 Å². The number of nitrogens with zero attached hydrogens (tertiary/aromatic N) is 1. The molecule has 0 unspecified atom stereocenters. The average molecular weight is 422 g/mol. The van der Waals surface area contributed by atoms with E-state index in [1.165, 1.54) is 0 Å². The molecule has 0 fully saturated rings. The van der Waals surface area contributed by atoms with E-state index in [-0.39, 0.29) is 5.78 Å². The molecule has 5 nitrogen and oxygen atoms in total. The molecule has 1 heterocycles. The summed E-state index contributed by atoms with van der Waals surface area (Å²) in [5, 5.41) is 0. The van der Waals surface area contributed by atoms with Gasteiger partial charge in [-0.25, -0.2) is 0 Å². The highest BCUT2D eigenvalue weighted by Crippen LogP contribution is 2.40. The Hall–Kier alpha value is -3.21. The molecule has 0 aromatic heterocycles. The van der Waals surface area contributed by atoms with Crippen molar-refractivity contribution in [1.82, 2.24) is 0 Å². The molecule has 31 heavy (non-hydrogen) atoms. The van der Waals surface area contributed by atoms with Gasteiger partial charge in [0, 0.05) is 13.1 Å². The fourth-order valence-corrected chi connectivity index (χ4v) is 3.69. The first-order chi connectivity index (χ1) is 14.8. The number of fused-ring (bicyclic) bond motifs is 1. The van der Waals surface area contributed by atoms with Gasteiger partial charge in [0.05, 0.1) is 31.0 Å². The predicted molar refractivity (Wildman–Crippen MR) is 127 cm³/mol. The first kappa shape index (κ1) is 22.5. The maximum atomic E-state index is 13.1. The van der Waals surface area contributed by atoms with Gasteiger partial charge in [-0.15, -0.1) is 0 Å². The van der Waals surface area contributed by atoms with Crippen LogP contribution in [0.4, 0.5) is 5.69 Å². The second-order valence-corrected chi connectivity index (χ2v) is 7.90. The fraction of sp³-hybridized carbons (Fsp3) is 0.346.